The van der Waals surface area contributed by atoms with E-state index in [4.69, 9.17) is 4.74 Å². The van der Waals surface area contributed by atoms with Crippen molar-refractivity contribution >= 4 is 5.69 Å². The van der Waals surface area contributed by atoms with Crippen LogP contribution in [0.4, 0.5) is 5.69 Å². The van der Waals surface area contributed by atoms with Gasteiger partial charge in [-0.15, -0.1) is 0 Å². The van der Waals surface area contributed by atoms with Crippen molar-refractivity contribution in [1.29, 1.82) is 0 Å². The van der Waals surface area contributed by atoms with E-state index in [1.165, 1.54) is 18.5 Å². The molecule has 0 radical (unpaired) electrons. The Hall–Kier alpha value is -1.10. The van der Waals surface area contributed by atoms with Gasteiger partial charge in [0.15, 0.2) is 0 Å². The standard InChI is InChI=1S/C17H27N3O/c1-19-11-12-21-17(14-19)13-18-15-7-9-20(10-8-15)16-5-3-2-4-6-16/h2-6,15,17-18H,7-14H2,1H3. The van der Waals surface area contributed by atoms with Gasteiger partial charge in [0.25, 0.3) is 0 Å². The number of morpholine rings is 1. The quantitative estimate of drug-likeness (QED) is 0.911. The van der Waals surface area contributed by atoms with Crippen molar-refractivity contribution in [2.75, 3.05) is 51.3 Å². The van der Waals surface area contributed by atoms with Crippen LogP contribution in [0.1, 0.15) is 12.8 Å². The molecule has 0 amide bonds. The fraction of sp³-hybridized carbons (Fsp3) is 0.647. The maximum Gasteiger partial charge on any atom is 0.0826 e. The van der Waals surface area contributed by atoms with Crippen LogP contribution in [0.2, 0.25) is 0 Å². The van der Waals surface area contributed by atoms with Gasteiger partial charge in [0.05, 0.1) is 12.7 Å². The molecule has 0 aromatic heterocycles. The summed E-state index contributed by atoms with van der Waals surface area (Å²) in [5.41, 5.74) is 1.35. The molecule has 1 aromatic carbocycles. The molecule has 4 heteroatoms. The van der Waals surface area contributed by atoms with Crippen LogP contribution in [0.15, 0.2) is 30.3 Å². The van der Waals surface area contributed by atoms with Gasteiger partial charge in [-0.1, -0.05) is 18.2 Å². The van der Waals surface area contributed by atoms with Crippen LogP contribution in [-0.2, 0) is 4.74 Å². The zero-order valence-electron chi connectivity index (χ0n) is 13.0. The third-order valence-corrected chi connectivity index (χ3v) is 4.59. The van der Waals surface area contributed by atoms with Crippen LogP contribution < -0.4 is 10.2 Å². The number of nitrogens with one attached hydrogen (secondary N) is 1. The summed E-state index contributed by atoms with van der Waals surface area (Å²) in [6, 6.07) is 11.4. The molecule has 3 rings (SSSR count). The first-order valence-corrected chi connectivity index (χ1v) is 8.15. The molecule has 1 atom stereocenters. The molecule has 2 aliphatic heterocycles. The second kappa shape index (κ2) is 7.25. The second-order valence-corrected chi connectivity index (χ2v) is 6.26. The van der Waals surface area contributed by atoms with Crippen LogP contribution >= 0.6 is 0 Å². The first-order chi connectivity index (χ1) is 10.3. The lowest BCUT2D eigenvalue weighted by Gasteiger charge is -2.36. The van der Waals surface area contributed by atoms with Crippen molar-refractivity contribution in [3.05, 3.63) is 30.3 Å². The van der Waals surface area contributed by atoms with E-state index in [2.05, 4.69) is 52.5 Å². The summed E-state index contributed by atoms with van der Waals surface area (Å²) < 4.78 is 5.82. The molecule has 0 saturated carbocycles. The summed E-state index contributed by atoms with van der Waals surface area (Å²) in [6.07, 6.45) is 2.80. The predicted molar refractivity (Wildman–Crippen MR) is 86.9 cm³/mol. The topological polar surface area (TPSA) is 27.7 Å². The van der Waals surface area contributed by atoms with Gasteiger partial charge in [-0.3, -0.25) is 0 Å². The lowest BCUT2D eigenvalue weighted by Crippen LogP contribution is -2.49. The minimum absolute atomic E-state index is 0.357. The largest absolute Gasteiger partial charge is 0.374 e. The molecule has 0 spiro atoms. The Labute approximate surface area is 128 Å². The summed E-state index contributed by atoms with van der Waals surface area (Å²) in [5.74, 6) is 0. The van der Waals surface area contributed by atoms with E-state index < -0.39 is 0 Å². The molecule has 1 aromatic rings. The number of likely N-dealkylation sites (N-methyl/N-ethyl adjacent to an activating group) is 1. The van der Waals surface area contributed by atoms with Crippen molar-refractivity contribution in [2.24, 2.45) is 0 Å². The summed E-state index contributed by atoms with van der Waals surface area (Å²) in [6.45, 7) is 6.26. The normalized spacial score (nSPS) is 25.2. The van der Waals surface area contributed by atoms with Crippen molar-refractivity contribution in [1.82, 2.24) is 10.2 Å². The maximum absolute atomic E-state index is 5.82. The summed E-state index contributed by atoms with van der Waals surface area (Å²) >= 11 is 0. The summed E-state index contributed by atoms with van der Waals surface area (Å²) in [5, 5.41) is 3.71. The van der Waals surface area contributed by atoms with E-state index in [-0.39, 0.29) is 0 Å². The minimum atomic E-state index is 0.357. The Bertz CT molecular complexity index is 417. The van der Waals surface area contributed by atoms with Crippen LogP contribution in [0, 0.1) is 0 Å². The highest BCUT2D eigenvalue weighted by Crippen LogP contribution is 2.19. The van der Waals surface area contributed by atoms with Gasteiger partial charge in [-0.2, -0.15) is 0 Å². The Kier molecular flexibility index (Phi) is 5.12. The van der Waals surface area contributed by atoms with Gasteiger partial charge in [-0.25, -0.2) is 0 Å². The van der Waals surface area contributed by atoms with Crippen molar-refractivity contribution in [3.8, 4) is 0 Å². The smallest absolute Gasteiger partial charge is 0.0826 e. The number of rotatable bonds is 4. The lowest BCUT2D eigenvalue weighted by atomic mass is 10.0. The predicted octanol–water partition coefficient (Wildman–Crippen LogP) is 1.58. The molecular formula is C17H27N3O. The Balaban J connectivity index is 1.40. The first kappa shape index (κ1) is 14.8. The molecule has 1 unspecified atom stereocenters. The summed E-state index contributed by atoms with van der Waals surface area (Å²) in [7, 11) is 2.17. The first-order valence-electron chi connectivity index (χ1n) is 8.15. The number of para-hydroxylation sites is 1. The molecule has 0 aliphatic carbocycles. The second-order valence-electron chi connectivity index (χ2n) is 6.26. The molecule has 2 aliphatic rings. The Morgan fingerprint density at radius 3 is 2.62 bits per heavy atom. The third kappa shape index (κ3) is 4.19. The fourth-order valence-corrected chi connectivity index (χ4v) is 3.27. The van der Waals surface area contributed by atoms with E-state index in [0.29, 0.717) is 12.1 Å². The molecule has 1 N–H and O–H groups in total. The van der Waals surface area contributed by atoms with Crippen molar-refractivity contribution in [3.63, 3.8) is 0 Å². The van der Waals surface area contributed by atoms with Gasteiger partial charge in [0.1, 0.15) is 0 Å². The van der Waals surface area contributed by atoms with Crippen LogP contribution in [-0.4, -0.2) is 63.4 Å². The van der Waals surface area contributed by atoms with Gasteiger partial charge in [0.2, 0.25) is 0 Å². The molecular weight excluding hydrogens is 262 g/mol. The third-order valence-electron chi connectivity index (χ3n) is 4.59. The number of anilines is 1. The fourth-order valence-electron chi connectivity index (χ4n) is 3.27. The SMILES string of the molecule is CN1CCOC(CNC2CCN(c3ccccc3)CC2)C1. The Morgan fingerprint density at radius 1 is 1.14 bits per heavy atom. The van der Waals surface area contributed by atoms with E-state index in [9.17, 15) is 0 Å². The highest BCUT2D eigenvalue weighted by Gasteiger charge is 2.22. The molecule has 0 bridgehead atoms. The molecule has 21 heavy (non-hydrogen) atoms. The van der Waals surface area contributed by atoms with Crippen molar-refractivity contribution < 1.29 is 4.74 Å². The maximum atomic E-state index is 5.82. The van der Waals surface area contributed by atoms with Gasteiger partial charge in [0, 0.05) is 44.5 Å². The highest BCUT2D eigenvalue weighted by molar-refractivity contribution is 5.46. The number of nitrogens with zero attached hydrogens (tertiary/aromatic N) is 2. The number of benzene rings is 1. The van der Waals surface area contributed by atoms with Crippen LogP contribution in [0.3, 0.4) is 0 Å². The van der Waals surface area contributed by atoms with Gasteiger partial charge in [-0.05, 0) is 32.0 Å². The monoisotopic (exact) mass is 289 g/mol. The molecule has 2 fully saturated rings. The van der Waals surface area contributed by atoms with Crippen LogP contribution in [0.25, 0.3) is 0 Å². The number of hydrogen-bond acceptors (Lipinski definition) is 4. The average molecular weight is 289 g/mol. The molecule has 116 valence electrons. The zero-order valence-corrected chi connectivity index (χ0v) is 13.0. The highest BCUT2D eigenvalue weighted by atomic mass is 16.5. The zero-order chi connectivity index (χ0) is 14.5. The van der Waals surface area contributed by atoms with Crippen molar-refractivity contribution in [2.45, 2.75) is 25.0 Å². The molecule has 4 nitrogen and oxygen atoms in total. The summed E-state index contributed by atoms with van der Waals surface area (Å²) in [4.78, 5) is 4.84. The van der Waals surface area contributed by atoms with Gasteiger partial charge >= 0.3 is 0 Å². The average Bonchev–Trinajstić information content (AvgIpc) is 2.54. The van der Waals surface area contributed by atoms with Gasteiger partial charge < -0.3 is 19.9 Å². The molecule has 2 saturated heterocycles. The van der Waals surface area contributed by atoms with E-state index >= 15 is 0 Å². The van der Waals surface area contributed by atoms with E-state index in [1.807, 2.05) is 0 Å². The van der Waals surface area contributed by atoms with E-state index in [0.717, 1.165) is 39.3 Å². The Morgan fingerprint density at radius 2 is 1.90 bits per heavy atom. The number of hydrogen-bond donors (Lipinski definition) is 1. The number of ether oxygens (including phenoxy) is 1. The van der Waals surface area contributed by atoms with E-state index in [1.54, 1.807) is 0 Å². The number of piperidine rings is 1. The van der Waals surface area contributed by atoms with Crippen LogP contribution in [0.5, 0.6) is 0 Å². The lowest BCUT2D eigenvalue weighted by molar-refractivity contribution is -0.0195. The molecule has 2 heterocycles. The minimum Gasteiger partial charge on any atom is -0.374 e.